The Hall–Kier alpha value is -2.18. The van der Waals surface area contributed by atoms with Crippen LogP contribution in [0.1, 0.15) is 31.9 Å². The van der Waals surface area contributed by atoms with E-state index in [1.54, 1.807) is 10.9 Å². The Balaban J connectivity index is 1.89. The predicted molar refractivity (Wildman–Crippen MR) is 87.4 cm³/mol. The van der Waals surface area contributed by atoms with E-state index in [9.17, 15) is 0 Å². The summed E-state index contributed by atoms with van der Waals surface area (Å²) >= 11 is 5.95. The molecule has 0 aliphatic carbocycles. The molecule has 0 spiro atoms. The number of benzene rings is 1. The molecule has 2 heterocycles. The van der Waals surface area contributed by atoms with Crippen molar-refractivity contribution in [2.24, 2.45) is 0 Å². The van der Waals surface area contributed by atoms with Gasteiger partial charge in [-0.15, -0.1) is 5.10 Å². The van der Waals surface area contributed by atoms with Gasteiger partial charge in [0.1, 0.15) is 5.76 Å². The minimum atomic E-state index is -0.393. The lowest BCUT2D eigenvalue weighted by molar-refractivity contribution is 0.309. The Kier molecular flexibility index (Phi) is 4.45. The molecule has 0 saturated heterocycles. The molecule has 0 fully saturated rings. The molecule has 120 valence electrons. The van der Waals surface area contributed by atoms with Crippen LogP contribution in [0.2, 0.25) is 5.02 Å². The Bertz CT molecular complexity index is 753. The average Bonchev–Trinajstić information content (AvgIpc) is 3.25. The molecule has 3 aromatic rings. The molecule has 0 saturated carbocycles. The van der Waals surface area contributed by atoms with Crippen LogP contribution in [0.5, 0.6) is 0 Å². The van der Waals surface area contributed by atoms with E-state index < -0.39 is 5.54 Å². The number of tetrazole rings is 1. The van der Waals surface area contributed by atoms with Crippen LogP contribution in [0.3, 0.4) is 0 Å². The van der Waals surface area contributed by atoms with Gasteiger partial charge in [-0.3, -0.25) is 5.32 Å². The van der Waals surface area contributed by atoms with Crippen molar-refractivity contribution in [2.45, 2.75) is 32.4 Å². The number of furan rings is 1. The highest BCUT2D eigenvalue weighted by atomic mass is 35.5. The summed E-state index contributed by atoms with van der Waals surface area (Å²) in [5.41, 5.74) is 0.476. The Morgan fingerprint density at radius 1 is 1.26 bits per heavy atom. The normalized spacial score (nSPS) is 13.9. The maximum atomic E-state index is 5.95. The molecule has 23 heavy (non-hydrogen) atoms. The summed E-state index contributed by atoms with van der Waals surface area (Å²) in [5.74, 6) is 1.61. The lowest BCUT2D eigenvalue weighted by Crippen LogP contribution is -2.41. The molecule has 3 rings (SSSR count). The minimum Gasteiger partial charge on any atom is -0.468 e. The third-order valence-corrected chi connectivity index (χ3v) is 4.23. The standard InChI is InChI=1S/C16H18ClN5O/c1-3-16(2,18-11-14-5-4-10-23-14)15-19-20-21-22(15)13-8-6-12(17)7-9-13/h4-10,18H,3,11H2,1-2H3/t16-/m1/s1. The smallest absolute Gasteiger partial charge is 0.176 e. The Labute approximate surface area is 139 Å². The number of halogens is 1. The van der Waals surface area contributed by atoms with Crippen LogP contribution >= 0.6 is 11.6 Å². The van der Waals surface area contributed by atoms with Crippen LogP contribution in [-0.2, 0) is 12.1 Å². The van der Waals surface area contributed by atoms with Crippen molar-refractivity contribution in [3.8, 4) is 5.69 Å². The second-order valence-corrected chi connectivity index (χ2v) is 5.95. The van der Waals surface area contributed by atoms with Crippen LogP contribution in [0, 0.1) is 0 Å². The molecule has 0 amide bonds. The van der Waals surface area contributed by atoms with Crippen LogP contribution in [0.25, 0.3) is 5.69 Å². The number of rotatable bonds is 6. The van der Waals surface area contributed by atoms with Gasteiger partial charge in [-0.2, -0.15) is 4.68 Å². The van der Waals surface area contributed by atoms with Gasteiger partial charge in [-0.1, -0.05) is 18.5 Å². The predicted octanol–water partition coefficient (Wildman–Crippen LogP) is 3.32. The van der Waals surface area contributed by atoms with Crippen molar-refractivity contribution in [3.05, 3.63) is 59.3 Å². The second-order valence-electron chi connectivity index (χ2n) is 5.51. The lowest BCUT2D eigenvalue weighted by Gasteiger charge is -2.28. The fraction of sp³-hybridized carbons (Fsp3) is 0.312. The van der Waals surface area contributed by atoms with E-state index in [0.29, 0.717) is 11.6 Å². The molecule has 7 heteroatoms. The first-order valence-corrected chi connectivity index (χ1v) is 7.82. The van der Waals surface area contributed by atoms with Crippen LogP contribution in [0.15, 0.2) is 47.1 Å². The van der Waals surface area contributed by atoms with Gasteiger partial charge < -0.3 is 4.42 Å². The summed E-state index contributed by atoms with van der Waals surface area (Å²) < 4.78 is 7.11. The molecule has 0 aliphatic rings. The zero-order valence-corrected chi connectivity index (χ0v) is 13.8. The van der Waals surface area contributed by atoms with Crippen molar-refractivity contribution >= 4 is 11.6 Å². The first-order valence-electron chi connectivity index (χ1n) is 7.44. The Morgan fingerprint density at radius 3 is 2.70 bits per heavy atom. The van der Waals surface area contributed by atoms with Crippen molar-refractivity contribution in [2.75, 3.05) is 0 Å². The fourth-order valence-electron chi connectivity index (χ4n) is 2.34. The molecular weight excluding hydrogens is 314 g/mol. The van der Waals surface area contributed by atoms with E-state index in [4.69, 9.17) is 16.0 Å². The van der Waals surface area contributed by atoms with Crippen molar-refractivity contribution < 1.29 is 4.42 Å². The minimum absolute atomic E-state index is 0.393. The van der Waals surface area contributed by atoms with E-state index in [2.05, 4.69) is 34.7 Å². The molecular formula is C16H18ClN5O. The monoisotopic (exact) mass is 331 g/mol. The van der Waals surface area contributed by atoms with Gasteiger partial charge in [0.25, 0.3) is 0 Å². The third kappa shape index (κ3) is 3.28. The zero-order valence-electron chi connectivity index (χ0n) is 13.0. The van der Waals surface area contributed by atoms with Crippen molar-refractivity contribution in [1.29, 1.82) is 0 Å². The van der Waals surface area contributed by atoms with Crippen molar-refractivity contribution in [3.63, 3.8) is 0 Å². The molecule has 0 radical (unpaired) electrons. The van der Waals surface area contributed by atoms with Crippen LogP contribution < -0.4 is 5.32 Å². The SMILES string of the molecule is CC[C@@](C)(NCc1ccco1)c1nnnn1-c1ccc(Cl)cc1. The van der Waals surface area contributed by atoms with Gasteiger partial charge >= 0.3 is 0 Å². The molecule has 0 bridgehead atoms. The number of nitrogens with one attached hydrogen (secondary N) is 1. The summed E-state index contributed by atoms with van der Waals surface area (Å²) in [6, 6.07) is 11.2. The molecule has 0 unspecified atom stereocenters. The van der Waals surface area contributed by atoms with E-state index in [0.717, 1.165) is 23.7 Å². The van der Waals surface area contributed by atoms with E-state index >= 15 is 0 Å². The fourth-order valence-corrected chi connectivity index (χ4v) is 2.47. The Morgan fingerprint density at radius 2 is 2.04 bits per heavy atom. The topological polar surface area (TPSA) is 68.8 Å². The molecule has 1 atom stereocenters. The maximum Gasteiger partial charge on any atom is 0.176 e. The lowest BCUT2D eigenvalue weighted by atomic mass is 9.97. The second kappa shape index (κ2) is 6.52. The largest absolute Gasteiger partial charge is 0.468 e. The van der Waals surface area contributed by atoms with Gasteiger partial charge in [0.2, 0.25) is 0 Å². The summed E-state index contributed by atoms with van der Waals surface area (Å²) in [5, 5.41) is 16.4. The number of hydrogen-bond acceptors (Lipinski definition) is 5. The van der Waals surface area contributed by atoms with Crippen molar-refractivity contribution in [1.82, 2.24) is 25.5 Å². The van der Waals surface area contributed by atoms with E-state index in [1.165, 1.54) is 0 Å². The molecule has 6 nitrogen and oxygen atoms in total. The summed E-state index contributed by atoms with van der Waals surface area (Å²) in [6.07, 6.45) is 2.49. The quantitative estimate of drug-likeness (QED) is 0.750. The van der Waals surface area contributed by atoms with Gasteiger partial charge in [0, 0.05) is 5.02 Å². The van der Waals surface area contributed by atoms with Gasteiger partial charge in [0.05, 0.1) is 24.0 Å². The van der Waals surface area contributed by atoms with Gasteiger partial charge in [-0.25, -0.2) is 0 Å². The van der Waals surface area contributed by atoms with Crippen LogP contribution in [-0.4, -0.2) is 20.2 Å². The number of nitrogens with zero attached hydrogens (tertiary/aromatic N) is 4. The highest BCUT2D eigenvalue weighted by Crippen LogP contribution is 2.25. The zero-order chi connectivity index (χ0) is 16.3. The van der Waals surface area contributed by atoms with Gasteiger partial charge in [0.15, 0.2) is 5.82 Å². The highest BCUT2D eigenvalue weighted by molar-refractivity contribution is 6.30. The average molecular weight is 332 g/mol. The summed E-state index contributed by atoms with van der Waals surface area (Å²) in [6.45, 7) is 4.77. The summed E-state index contributed by atoms with van der Waals surface area (Å²) in [7, 11) is 0. The van der Waals surface area contributed by atoms with E-state index in [1.807, 2.05) is 36.4 Å². The van der Waals surface area contributed by atoms with E-state index in [-0.39, 0.29) is 0 Å². The maximum absolute atomic E-state index is 5.95. The summed E-state index contributed by atoms with van der Waals surface area (Å²) in [4.78, 5) is 0. The molecule has 1 N–H and O–H groups in total. The number of hydrogen-bond donors (Lipinski definition) is 1. The molecule has 1 aromatic carbocycles. The van der Waals surface area contributed by atoms with Crippen LogP contribution in [0.4, 0.5) is 0 Å². The third-order valence-electron chi connectivity index (χ3n) is 3.97. The molecule has 2 aromatic heterocycles. The molecule has 0 aliphatic heterocycles. The number of aromatic nitrogens is 4. The van der Waals surface area contributed by atoms with Gasteiger partial charge in [-0.05, 0) is 60.2 Å². The highest BCUT2D eigenvalue weighted by Gasteiger charge is 2.31. The first kappa shape index (κ1) is 15.7. The first-order chi connectivity index (χ1) is 11.1.